The fourth-order valence-corrected chi connectivity index (χ4v) is 2.81. The van der Waals surface area contributed by atoms with Crippen molar-refractivity contribution < 1.29 is 37.2 Å². The van der Waals surface area contributed by atoms with E-state index >= 15 is 0 Å². The zero-order valence-corrected chi connectivity index (χ0v) is 12.8. The summed E-state index contributed by atoms with van der Waals surface area (Å²) in [5.41, 5.74) is -0.429. The van der Waals surface area contributed by atoms with Gasteiger partial charge in [-0.2, -0.15) is 0 Å². The van der Waals surface area contributed by atoms with Gasteiger partial charge in [0.1, 0.15) is 22.9 Å². The van der Waals surface area contributed by atoms with E-state index in [9.17, 15) is 27.4 Å². The largest absolute Gasteiger partial charge is 0.547 e. The molecule has 0 aromatic heterocycles. The molecular weight excluding hydrogens is 332 g/mol. The molecule has 0 aliphatic carbocycles. The quantitative estimate of drug-likeness (QED) is 0.597. The van der Waals surface area contributed by atoms with Crippen LogP contribution in [-0.2, 0) is 21.1 Å². The molecule has 8 nitrogen and oxygen atoms in total. The second-order valence-electron chi connectivity index (χ2n) is 5.17. The minimum absolute atomic E-state index is 0.0352. The van der Waals surface area contributed by atoms with Gasteiger partial charge in [0.2, 0.25) is 5.91 Å². The van der Waals surface area contributed by atoms with Crippen LogP contribution in [0, 0.1) is 5.82 Å². The summed E-state index contributed by atoms with van der Waals surface area (Å²) < 4.78 is 40.7. The first kappa shape index (κ1) is 17.2. The summed E-state index contributed by atoms with van der Waals surface area (Å²) in [5, 5.41) is 21.2. The zero-order chi connectivity index (χ0) is 17.4. The maximum absolute atomic E-state index is 13.6. The third-order valence-electron chi connectivity index (χ3n) is 3.16. The topological polar surface area (TPSA) is 130 Å². The van der Waals surface area contributed by atoms with Crippen LogP contribution < -0.4 is 9.97 Å². The molecule has 0 saturated carbocycles. The second kappa shape index (κ2) is 6.16. The van der Waals surface area contributed by atoms with Crippen LogP contribution in [0.5, 0.6) is 5.75 Å². The number of amides is 1. The molecule has 2 rings (SSSR count). The molecule has 0 radical (unpaired) electrons. The number of hydrogen-bond donors (Lipinski definition) is 3. The molecule has 23 heavy (non-hydrogen) atoms. The van der Waals surface area contributed by atoms with Crippen molar-refractivity contribution in [1.82, 2.24) is 5.32 Å². The predicted molar refractivity (Wildman–Crippen MR) is 77.3 cm³/mol. The van der Waals surface area contributed by atoms with Gasteiger partial charge in [0.25, 0.3) is 0 Å². The van der Waals surface area contributed by atoms with Crippen LogP contribution in [0.2, 0.25) is 0 Å². The number of hydrogen-bond acceptors (Lipinski definition) is 6. The van der Waals surface area contributed by atoms with E-state index in [1.165, 1.54) is 6.07 Å². The highest BCUT2D eigenvalue weighted by atomic mass is 32.2. The number of carbonyl (C=O) groups excluding carboxylic acids is 1. The standard InChI is InChI=1S/C12H13BFNO7S/c1-23(20,21)5-9(16)15-8-4-6-2-3-7(14)10(12(17)18)11(6)22-13(8)19/h2-3,8,19H,4-5H2,1H3,(H,15,16)(H,17,18)/t8-/m0/s1. The van der Waals surface area contributed by atoms with Crippen molar-refractivity contribution in [2.24, 2.45) is 0 Å². The van der Waals surface area contributed by atoms with E-state index in [4.69, 9.17) is 9.76 Å². The van der Waals surface area contributed by atoms with Crippen LogP contribution in [0.25, 0.3) is 0 Å². The summed E-state index contributed by atoms with van der Waals surface area (Å²) in [5.74, 6) is -5.44. The van der Waals surface area contributed by atoms with Gasteiger partial charge < -0.3 is 20.1 Å². The van der Waals surface area contributed by atoms with Crippen LogP contribution in [0.3, 0.4) is 0 Å². The Balaban J connectivity index is 2.23. The van der Waals surface area contributed by atoms with Gasteiger partial charge in [0.15, 0.2) is 9.84 Å². The molecule has 1 heterocycles. The Morgan fingerprint density at radius 2 is 2.13 bits per heavy atom. The minimum atomic E-state index is -3.54. The Kier molecular flexibility index (Phi) is 4.62. The molecule has 0 saturated heterocycles. The molecule has 11 heteroatoms. The number of fused-ring (bicyclic) bond motifs is 1. The third-order valence-corrected chi connectivity index (χ3v) is 3.95. The first-order valence-corrected chi connectivity index (χ1v) is 8.51. The second-order valence-corrected chi connectivity index (χ2v) is 7.31. The molecule has 1 amide bonds. The van der Waals surface area contributed by atoms with Crippen LogP contribution in [0.15, 0.2) is 12.1 Å². The Morgan fingerprint density at radius 1 is 1.48 bits per heavy atom. The summed E-state index contributed by atoms with van der Waals surface area (Å²) in [7, 11) is -5.17. The Labute approximate surface area is 131 Å². The summed E-state index contributed by atoms with van der Waals surface area (Å²) in [6, 6.07) is 2.22. The number of aromatic carboxylic acids is 1. The lowest BCUT2D eigenvalue weighted by Crippen LogP contribution is -2.54. The number of rotatable bonds is 4. The van der Waals surface area contributed by atoms with E-state index < -0.39 is 51.9 Å². The smallest absolute Gasteiger partial charge is 0.534 e. The van der Waals surface area contributed by atoms with E-state index in [1.54, 1.807) is 0 Å². The highest BCUT2D eigenvalue weighted by Gasteiger charge is 2.38. The van der Waals surface area contributed by atoms with E-state index in [1.807, 2.05) is 0 Å². The lowest BCUT2D eigenvalue weighted by molar-refractivity contribution is -0.119. The van der Waals surface area contributed by atoms with E-state index in [0.29, 0.717) is 0 Å². The summed E-state index contributed by atoms with van der Waals surface area (Å²) in [4.78, 5) is 22.7. The molecule has 0 spiro atoms. The lowest BCUT2D eigenvalue weighted by atomic mass is 9.72. The maximum Gasteiger partial charge on any atom is 0.547 e. The molecule has 3 N–H and O–H groups in total. The van der Waals surface area contributed by atoms with Crippen LogP contribution in [-0.4, -0.2) is 55.5 Å². The monoisotopic (exact) mass is 345 g/mol. The first-order valence-electron chi connectivity index (χ1n) is 6.45. The fraction of sp³-hybridized carbons (Fsp3) is 0.333. The van der Waals surface area contributed by atoms with Gasteiger partial charge in [-0.25, -0.2) is 17.6 Å². The first-order chi connectivity index (χ1) is 10.6. The zero-order valence-electron chi connectivity index (χ0n) is 11.9. The number of carboxylic acids is 1. The Bertz CT molecular complexity index is 767. The van der Waals surface area contributed by atoms with Gasteiger partial charge in [-0.3, -0.25) is 4.79 Å². The van der Waals surface area contributed by atoms with Crippen LogP contribution >= 0.6 is 0 Å². The number of carboxylic acid groups (broad SMARTS) is 1. The number of halogens is 1. The lowest BCUT2D eigenvalue weighted by Gasteiger charge is -2.28. The molecule has 1 aromatic carbocycles. The summed E-state index contributed by atoms with van der Waals surface area (Å²) >= 11 is 0. The van der Waals surface area contributed by atoms with Gasteiger partial charge >= 0.3 is 13.1 Å². The van der Waals surface area contributed by atoms with E-state index in [2.05, 4.69) is 5.32 Å². The van der Waals surface area contributed by atoms with Crippen LogP contribution in [0.4, 0.5) is 4.39 Å². The molecule has 0 fully saturated rings. The Morgan fingerprint density at radius 3 is 2.70 bits per heavy atom. The van der Waals surface area contributed by atoms with Crippen molar-refractivity contribution in [1.29, 1.82) is 0 Å². The van der Waals surface area contributed by atoms with Crippen molar-refractivity contribution in [2.75, 3.05) is 12.0 Å². The van der Waals surface area contributed by atoms with Crippen LogP contribution in [0.1, 0.15) is 15.9 Å². The van der Waals surface area contributed by atoms with Gasteiger partial charge in [-0.15, -0.1) is 0 Å². The molecule has 0 unspecified atom stereocenters. The van der Waals surface area contributed by atoms with Gasteiger partial charge in [0, 0.05) is 6.26 Å². The molecular formula is C12H13BFNO7S. The minimum Gasteiger partial charge on any atom is -0.534 e. The molecule has 1 atom stereocenters. The molecule has 1 aliphatic heterocycles. The van der Waals surface area contributed by atoms with Crippen molar-refractivity contribution in [3.8, 4) is 5.75 Å². The molecule has 124 valence electrons. The maximum atomic E-state index is 13.6. The molecule has 1 aromatic rings. The van der Waals surface area contributed by atoms with E-state index in [-0.39, 0.29) is 17.7 Å². The van der Waals surface area contributed by atoms with Crippen molar-refractivity contribution in [3.63, 3.8) is 0 Å². The SMILES string of the molecule is CS(=O)(=O)CC(=O)N[C@H]1Cc2ccc(F)c(C(=O)O)c2OB1O. The number of sulfone groups is 1. The average Bonchev–Trinajstić information content (AvgIpc) is 2.37. The molecule has 1 aliphatic rings. The normalized spacial score (nSPS) is 17.2. The van der Waals surface area contributed by atoms with Gasteiger partial charge in [-0.05, 0) is 18.1 Å². The highest BCUT2D eigenvalue weighted by molar-refractivity contribution is 7.91. The average molecular weight is 345 g/mol. The number of nitrogens with one attached hydrogen (secondary N) is 1. The van der Waals surface area contributed by atoms with Gasteiger partial charge in [0.05, 0.1) is 5.94 Å². The fourth-order valence-electron chi connectivity index (χ4n) is 2.25. The summed E-state index contributed by atoms with van der Waals surface area (Å²) in [6.45, 7) is 0. The van der Waals surface area contributed by atoms with Gasteiger partial charge in [-0.1, -0.05) is 6.07 Å². The number of carbonyl (C=O) groups is 2. The number of benzene rings is 1. The summed E-state index contributed by atoms with van der Waals surface area (Å²) in [6.07, 6.45) is 0.851. The van der Waals surface area contributed by atoms with Crippen molar-refractivity contribution >= 4 is 28.8 Å². The predicted octanol–water partition coefficient (Wildman–Crippen LogP) is -0.992. The van der Waals surface area contributed by atoms with Crippen molar-refractivity contribution in [2.45, 2.75) is 12.4 Å². The van der Waals surface area contributed by atoms with Crippen molar-refractivity contribution in [3.05, 3.63) is 29.1 Å². The third kappa shape index (κ3) is 3.99. The highest BCUT2D eigenvalue weighted by Crippen LogP contribution is 2.31. The molecule has 0 bridgehead atoms. The van der Waals surface area contributed by atoms with E-state index in [0.717, 1.165) is 12.3 Å². The Hall–Kier alpha value is -2.14.